The molecule has 0 atom stereocenters. The topological polar surface area (TPSA) is 68.8 Å². The van der Waals surface area contributed by atoms with E-state index < -0.39 is 12.6 Å². The van der Waals surface area contributed by atoms with E-state index in [2.05, 4.69) is 15.4 Å². The Morgan fingerprint density at radius 2 is 1.84 bits per heavy atom. The SMILES string of the molecule is COc1ccc(OC(F)F)c(NC(=O)NCc2ccccc2OC)c1. The van der Waals surface area contributed by atoms with Crippen molar-refractivity contribution >= 4 is 11.7 Å². The van der Waals surface area contributed by atoms with E-state index in [4.69, 9.17) is 9.47 Å². The highest BCUT2D eigenvalue weighted by molar-refractivity contribution is 5.91. The number of halogens is 2. The summed E-state index contributed by atoms with van der Waals surface area (Å²) in [5.41, 5.74) is 0.840. The number of urea groups is 1. The van der Waals surface area contributed by atoms with E-state index in [9.17, 15) is 13.6 Å². The first-order valence-electron chi connectivity index (χ1n) is 7.33. The maximum absolute atomic E-state index is 12.5. The lowest BCUT2D eigenvalue weighted by Gasteiger charge is -2.14. The number of rotatable bonds is 7. The van der Waals surface area contributed by atoms with E-state index in [0.29, 0.717) is 11.5 Å². The summed E-state index contributed by atoms with van der Waals surface area (Å²) in [5, 5.41) is 5.10. The monoisotopic (exact) mass is 352 g/mol. The largest absolute Gasteiger partial charge is 0.497 e. The van der Waals surface area contributed by atoms with Crippen molar-refractivity contribution < 1.29 is 27.8 Å². The average Bonchev–Trinajstić information content (AvgIpc) is 2.61. The smallest absolute Gasteiger partial charge is 0.387 e. The molecule has 0 aromatic heterocycles. The van der Waals surface area contributed by atoms with Crippen molar-refractivity contribution in [2.75, 3.05) is 19.5 Å². The molecule has 2 rings (SSSR count). The first-order chi connectivity index (χ1) is 12.0. The number of para-hydroxylation sites is 1. The highest BCUT2D eigenvalue weighted by Crippen LogP contribution is 2.30. The molecule has 0 radical (unpaired) electrons. The Bertz CT molecular complexity index is 726. The maximum Gasteiger partial charge on any atom is 0.387 e. The molecule has 2 aromatic rings. The molecule has 0 aliphatic heterocycles. The van der Waals surface area contributed by atoms with E-state index >= 15 is 0 Å². The van der Waals surface area contributed by atoms with Gasteiger partial charge in [-0.2, -0.15) is 8.78 Å². The van der Waals surface area contributed by atoms with Crippen LogP contribution >= 0.6 is 0 Å². The number of methoxy groups -OCH3 is 2. The molecule has 0 heterocycles. The van der Waals surface area contributed by atoms with Gasteiger partial charge in [-0.15, -0.1) is 0 Å². The van der Waals surface area contributed by atoms with Crippen LogP contribution in [0.4, 0.5) is 19.3 Å². The molecule has 0 fully saturated rings. The second kappa shape index (κ2) is 8.72. The lowest BCUT2D eigenvalue weighted by atomic mass is 10.2. The Labute approximate surface area is 143 Å². The summed E-state index contributed by atoms with van der Waals surface area (Å²) in [4.78, 5) is 12.1. The Balaban J connectivity index is 2.06. The minimum atomic E-state index is -3.01. The molecule has 0 spiro atoms. The summed E-state index contributed by atoms with van der Waals surface area (Å²) in [6.07, 6.45) is 0. The number of nitrogens with one attached hydrogen (secondary N) is 2. The van der Waals surface area contributed by atoms with Gasteiger partial charge in [0.1, 0.15) is 17.2 Å². The number of anilines is 1. The zero-order valence-corrected chi connectivity index (χ0v) is 13.7. The van der Waals surface area contributed by atoms with E-state index in [-0.39, 0.29) is 18.0 Å². The first-order valence-corrected chi connectivity index (χ1v) is 7.33. The van der Waals surface area contributed by atoms with Crippen molar-refractivity contribution in [3.63, 3.8) is 0 Å². The van der Waals surface area contributed by atoms with Crippen LogP contribution in [0.1, 0.15) is 5.56 Å². The third-order valence-electron chi connectivity index (χ3n) is 3.28. The van der Waals surface area contributed by atoms with Gasteiger partial charge in [0.2, 0.25) is 0 Å². The van der Waals surface area contributed by atoms with Gasteiger partial charge in [-0.25, -0.2) is 4.79 Å². The molecule has 0 bridgehead atoms. The number of ether oxygens (including phenoxy) is 3. The molecule has 0 aliphatic rings. The molecule has 2 amide bonds. The van der Waals surface area contributed by atoms with Crippen molar-refractivity contribution in [1.82, 2.24) is 5.32 Å². The van der Waals surface area contributed by atoms with Crippen LogP contribution in [-0.2, 0) is 6.54 Å². The second-order valence-corrected chi connectivity index (χ2v) is 4.86. The maximum atomic E-state index is 12.5. The number of hydrogen-bond donors (Lipinski definition) is 2. The fraction of sp³-hybridized carbons (Fsp3) is 0.235. The van der Waals surface area contributed by atoms with Gasteiger partial charge in [0.25, 0.3) is 0 Å². The van der Waals surface area contributed by atoms with Crippen molar-refractivity contribution in [1.29, 1.82) is 0 Å². The molecule has 134 valence electrons. The number of benzene rings is 2. The van der Waals surface area contributed by atoms with Gasteiger partial charge in [0, 0.05) is 18.2 Å². The van der Waals surface area contributed by atoms with Crippen LogP contribution in [0.15, 0.2) is 42.5 Å². The van der Waals surface area contributed by atoms with Crippen molar-refractivity contribution in [2.45, 2.75) is 13.2 Å². The van der Waals surface area contributed by atoms with Gasteiger partial charge in [-0.05, 0) is 18.2 Å². The van der Waals surface area contributed by atoms with Gasteiger partial charge >= 0.3 is 12.6 Å². The van der Waals surface area contributed by atoms with Crippen molar-refractivity contribution in [2.24, 2.45) is 0 Å². The minimum absolute atomic E-state index is 0.0668. The minimum Gasteiger partial charge on any atom is -0.497 e. The third kappa shape index (κ3) is 5.23. The third-order valence-corrected chi connectivity index (χ3v) is 3.28. The standard InChI is InChI=1S/C17H18F2N2O4/c1-23-12-7-8-15(25-16(18)19)13(9-12)21-17(22)20-10-11-5-3-4-6-14(11)24-2/h3-9,16H,10H2,1-2H3,(H2,20,21,22). The van der Waals surface area contributed by atoms with Crippen molar-refractivity contribution in [3.8, 4) is 17.2 Å². The molecular weight excluding hydrogens is 334 g/mol. The highest BCUT2D eigenvalue weighted by atomic mass is 19.3. The Kier molecular flexibility index (Phi) is 6.39. The first kappa shape index (κ1) is 18.3. The zero-order chi connectivity index (χ0) is 18.2. The average molecular weight is 352 g/mol. The van der Waals surface area contributed by atoms with E-state index in [1.54, 1.807) is 12.1 Å². The number of amides is 2. The van der Waals surface area contributed by atoms with Gasteiger partial charge in [0.05, 0.1) is 19.9 Å². The summed E-state index contributed by atoms with van der Waals surface area (Å²) < 4.78 is 39.6. The van der Waals surface area contributed by atoms with Crippen LogP contribution in [0.2, 0.25) is 0 Å². The molecular formula is C17H18F2N2O4. The fourth-order valence-electron chi connectivity index (χ4n) is 2.12. The zero-order valence-electron chi connectivity index (χ0n) is 13.7. The van der Waals surface area contributed by atoms with Gasteiger partial charge in [-0.3, -0.25) is 0 Å². The fourth-order valence-corrected chi connectivity index (χ4v) is 2.12. The number of hydrogen-bond acceptors (Lipinski definition) is 4. The van der Waals surface area contributed by atoms with E-state index in [0.717, 1.165) is 5.56 Å². The molecule has 2 N–H and O–H groups in total. The van der Waals surface area contributed by atoms with Crippen LogP contribution in [0.25, 0.3) is 0 Å². The van der Waals surface area contributed by atoms with Crippen LogP contribution in [0, 0.1) is 0 Å². The Morgan fingerprint density at radius 3 is 2.52 bits per heavy atom. The number of carbonyl (C=O) groups excluding carboxylic acids is 1. The molecule has 0 aliphatic carbocycles. The van der Waals surface area contributed by atoms with Crippen molar-refractivity contribution in [3.05, 3.63) is 48.0 Å². The highest BCUT2D eigenvalue weighted by Gasteiger charge is 2.13. The van der Waals surface area contributed by atoms with E-state index in [1.165, 1.54) is 32.4 Å². The van der Waals surface area contributed by atoms with Crippen LogP contribution < -0.4 is 24.8 Å². The molecule has 0 unspecified atom stereocenters. The quantitative estimate of drug-likeness (QED) is 0.798. The lowest BCUT2D eigenvalue weighted by molar-refractivity contribution is -0.0493. The summed E-state index contributed by atoms with van der Waals surface area (Å²) >= 11 is 0. The summed E-state index contributed by atoms with van der Waals surface area (Å²) in [5.74, 6) is 0.857. The Morgan fingerprint density at radius 1 is 1.08 bits per heavy atom. The predicted octanol–water partition coefficient (Wildman–Crippen LogP) is 3.63. The Hall–Kier alpha value is -3.03. The summed E-state index contributed by atoms with van der Waals surface area (Å²) in [6, 6.07) is 10.7. The second-order valence-electron chi connectivity index (χ2n) is 4.86. The predicted molar refractivity (Wildman–Crippen MR) is 88.5 cm³/mol. The molecule has 2 aromatic carbocycles. The number of carbonyl (C=O) groups is 1. The summed E-state index contributed by atoms with van der Waals surface area (Å²) in [7, 11) is 2.96. The molecule has 0 saturated carbocycles. The van der Waals surface area contributed by atoms with Gasteiger partial charge in [0.15, 0.2) is 0 Å². The molecule has 0 saturated heterocycles. The number of alkyl halides is 2. The molecule has 8 heteroatoms. The molecule has 6 nitrogen and oxygen atoms in total. The van der Waals surface area contributed by atoms with E-state index in [1.807, 2.05) is 12.1 Å². The van der Waals surface area contributed by atoms with Gasteiger partial charge in [-0.1, -0.05) is 18.2 Å². The van der Waals surface area contributed by atoms with Crippen LogP contribution in [0.5, 0.6) is 17.2 Å². The molecule has 25 heavy (non-hydrogen) atoms. The van der Waals surface area contributed by atoms with Crippen LogP contribution in [0.3, 0.4) is 0 Å². The van der Waals surface area contributed by atoms with Crippen LogP contribution in [-0.4, -0.2) is 26.9 Å². The lowest BCUT2D eigenvalue weighted by Crippen LogP contribution is -2.28. The van der Waals surface area contributed by atoms with Gasteiger partial charge < -0.3 is 24.8 Å². The summed E-state index contributed by atoms with van der Waals surface area (Å²) in [6.45, 7) is -2.81. The normalized spacial score (nSPS) is 10.3.